The lowest BCUT2D eigenvalue weighted by molar-refractivity contribution is 0.460. The Hall–Kier alpha value is -1.70. The van der Waals surface area contributed by atoms with Crippen LogP contribution in [0.15, 0.2) is 48.6 Å². The van der Waals surface area contributed by atoms with Gasteiger partial charge in [-0.05, 0) is 37.1 Å². The van der Waals surface area contributed by atoms with Crippen LogP contribution in [-0.2, 0) is 0 Å². The number of allylic oxidation sites excluding steroid dienone is 4. The van der Waals surface area contributed by atoms with E-state index in [1.54, 1.807) is 0 Å². The first-order valence-corrected chi connectivity index (χ1v) is 4.59. The molecular weight excluding hydrogens is 176 g/mol. The van der Waals surface area contributed by atoms with Crippen molar-refractivity contribution in [2.75, 3.05) is 0 Å². The minimum Gasteiger partial charge on any atom is -0.508 e. The summed E-state index contributed by atoms with van der Waals surface area (Å²) in [6.45, 7) is 0. The Kier molecular flexibility index (Phi) is 4.35. The van der Waals surface area contributed by atoms with Crippen molar-refractivity contribution in [3.63, 3.8) is 0 Å². The summed E-state index contributed by atoms with van der Waals surface area (Å²) in [6, 6.07) is 5.70. The standard InChI is InChI=1S/C6H6O2.C6H8/c7-5-1-2-6(8)4-3-5;1-2-4-6-5-3-1/h1-4,7-8H;1-4H,5-6H2. The molecule has 1 aliphatic rings. The molecule has 2 heteroatoms. The van der Waals surface area contributed by atoms with E-state index in [1.165, 1.54) is 37.1 Å². The smallest absolute Gasteiger partial charge is 0.115 e. The summed E-state index contributed by atoms with van der Waals surface area (Å²) >= 11 is 0. The van der Waals surface area contributed by atoms with Crippen molar-refractivity contribution in [2.24, 2.45) is 0 Å². The number of aromatic hydroxyl groups is 2. The van der Waals surface area contributed by atoms with Crippen LogP contribution in [0.25, 0.3) is 0 Å². The van der Waals surface area contributed by atoms with E-state index in [2.05, 4.69) is 24.3 Å². The zero-order valence-electron chi connectivity index (χ0n) is 7.93. The Morgan fingerprint density at radius 1 is 0.714 bits per heavy atom. The number of rotatable bonds is 0. The highest BCUT2D eigenvalue weighted by molar-refractivity contribution is 5.28. The second kappa shape index (κ2) is 5.86. The van der Waals surface area contributed by atoms with Crippen LogP contribution in [0.5, 0.6) is 11.5 Å². The lowest BCUT2D eigenvalue weighted by atomic mass is 10.2. The predicted molar refractivity (Wildman–Crippen MR) is 57.3 cm³/mol. The van der Waals surface area contributed by atoms with Gasteiger partial charge in [0.2, 0.25) is 0 Å². The normalized spacial score (nSPS) is 13.1. The Labute approximate surface area is 83.8 Å². The van der Waals surface area contributed by atoms with Gasteiger partial charge in [0.25, 0.3) is 0 Å². The molecule has 1 aliphatic carbocycles. The average molecular weight is 190 g/mol. The van der Waals surface area contributed by atoms with Crippen molar-refractivity contribution >= 4 is 0 Å². The maximum absolute atomic E-state index is 8.65. The van der Waals surface area contributed by atoms with E-state index in [1.807, 2.05) is 0 Å². The van der Waals surface area contributed by atoms with Gasteiger partial charge in [-0.1, -0.05) is 24.3 Å². The first-order chi connectivity index (χ1) is 6.79. The second-order valence-electron chi connectivity index (χ2n) is 2.95. The molecule has 14 heavy (non-hydrogen) atoms. The van der Waals surface area contributed by atoms with Gasteiger partial charge in [-0.25, -0.2) is 0 Å². The lowest BCUT2D eigenvalue weighted by Gasteiger charge is -1.88. The van der Waals surface area contributed by atoms with Gasteiger partial charge >= 0.3 is 0 Å². The summed E-state index contributed by atoms with van der Waals surface area (Å²) in [5.41, 5.74) is 0. The maximum Gasteiger partial charge on any atom is 0.115 e. The molecule has 0 radical (unpaired) electrons. The zero-order valence-corrected chi connectivity index (χ0v) is 7.93. The summed E-state index contributed by atoms with van der Waals surface area (Å²) in [5.74, 6) is 0.339. The van der Waals surface area contributed by atoms with E-state index in [4.69, 9.17) is 10.2 Å². The van der Waals surface area contributed by atoms with Gasteiger partial charge in [-0.15, -0.1) is 0 Å². The molecule has 0 saturated heterocycles. The van der Waals surface area contributed by atoms with E-state index in [9.17, 15) is 0 Å². The van der Waals surface area contributed by atoms with Gasteiger partial charge < -0.3 is 10.2 Å². The van der Waals surface area contributed by atoms with Crippen molar-refractivity contribution in [2.45, 2.75) is 12.8 Å². The highest BCUT2D eigenvalue weighted by Crippen LogP contribution is 2.13. The van der Waals surface area contributed by atoms with E-state index >= 15 is 0 Å². The van der Waals surface area contributed by atoms with Gasteiger partial charge in [0.05, 0.1) is 0 Å². The van der Waals surface area contributed by atoms with E-state index in [0.29, 0.717) is 0 Å². The molecule has 74 valence electrons. The molecule has 0 unspecified atom stereocenters. The van der Waals surface area contributed by atoms with Crippen molar-refractivity contribution in [3.8, 4) is 11.5 Å². The highest BCUT2D eigenvalue weighted by atomic mass is 16.3. The molecule has 0 aliphatic heterocycles. The van der Waals surface area contributed by atoms with E-state index in [0.717, 1.165) is 0 Å². The Morgan fingerprint density at radius 3 is 1.29 bits per heavy atom. The fourth-order valence-electron chi connectivity index (χ4n) is 0.995. The largest absolute Gasteiger partial charge is 0.508 e. The van der Waals surface area contributed by atoms with Gasteiger partial charge in [-0.2, -0.15) is 0 Å². The zero-order chi connectivity index (χ0) is 10.2. The number of benzene rings is 1. The summed E-state index contributed by atoms with van der Waals surface area (Å²) in [5, 5.41) is 17.3. The van der Waals surface area contributed by atoms with Crippen molar-refractivity contribution in [3.05, 3.63) is 48.6 Å². The Morgan fingerprint density at radius 2 is 1.07 bits per heavy atom. The number of hydrogen-bond acceptors (Lipinski definition) is 2. The summed E-state index contributed by atoms with van der Waals surface area (Å²) in [6.07, 6.45) is 11.0. The van der Waals surface area contributed by atoms with Crippen LogP contribution in [0.3, 0.4) is 0 Å². The van der Waals surface area contributed by atoms with Crippen molar-refractivity contribution < 1.29 is 10.2 Å². The van der Waals surface area contributed by atoms with Crippen LogP contribution >= 0.6 is 0 Å². The van der Waals surface area contributed by atoms with Gasteiger partial charge in [0, 0.05) is 0 Å². The molecule has 2 rings (SSSR count). The van der Waals surface area contributed by atoms with Crippen LogP contribution in [0.2, 0.25) is 0 Å². The Bertz CT molecular complexity index is 277. The predicted octanol–water partition coefficient (Wildman–Crippen LogP) is 2.99. The fourth-order valence-corrected chi connectivity index (χ4v) is 0.995. The molecule has 0 spiro atoms. The van der Waals surface area contributed by atoms with E-state index < -0.39 is 0 Å². The third-order valence-electron chi connectivity index (χ3n) is 1.73. The maximum atomic E-state index is 8.65. The van der Waals surface area contributed by atoms with Crippen molar-refractivity contribution in [1.29, 1.82) is 0 Å². The second-order valence-corrected chi connectivity index (χ2v) is 2.95. The molecule has 0 fully saturated rings. The quantitative estimate of drug-likeness (QED) is 0.617. The molecule has 0 heterocycles. The Balaban J connectivity index is 0.000000146. The minimum atomic E-state index is 0.169. The average Bonchev–Trinajstić information content (AvgIpc) is 2.26. The first-order valence-electron chi connectivity index (χ1n) is 4.59. The molecule has 0 bridgehead atoms. The molecule has 0 atom stereocenters. The monoisotopic (exact) mass is 190 g/mol. The van der Waals surface area contributed by atoms with E-state index in [-0.39, 0.29) is 11.5 Å². The number of phenolic OH excluding ortho intramolecular Hbond substituents is 2. The van der Waals surface area contributed by atoms with Crippen LogP contribution < -0.4 is 0 Å². The van der Waals surface area contributed by atoms with Gasteiger partial charge in [0.1, 0.15) is 11.5 Å². The molecule has 0 amide bonds. The number of hydrogen-bond donors (Lipinski definition) is 2. The summed E-state index contributed by atoms with van der Waals surface area (Å²) in [7, 11) is 0. The molecule has 0 saturated carbocycles. The van der Waals surface area contributed by atoms with Crippen LogP contribution in [0.1, 0.15) is 12.8 Å². The van der Waals surface area contributed by atoms with Gasteiger partial charge in [-0.3, -0.25) is 0 Å². The molecule has 2 nitrogen and oxygen atoms in total. The fraction of sp³-hybridized carbons (Fsp3) is 0.167. The minimum absolute atomic E-state index is 0.169. The highest BCUT2D eigenvalue weighted by Gasteiger charge is 1.84. The molecule has 1 aromatic carbocycles. The molecule has 1 aromatic rings. The summed E-state index contributed by atoms with van der Waals surface area (Å²) < 4.78 is 0. The van der Waals surface area contributed by atoms with Gasteiger partial charge in [0.15, 0.2) is 0 Å². The lowest BCUT2D eigenvalue weighted by Crippen LogP contribution is -1.67. The third kappa shape index (κ3) is 4.36. The van der Waals surface area contributed by atoms with Crippen LogP contribution in [0.4, 0.5) is 0 Å². The molecule has 0 aromatic heterocycles. The SMILES string of the molecule is C1=CCCC=C1.Oc1ccc(O)cc1. The van der Waals surface area contributed by atoms with Crippen molar-refractivity contribution in [1.82, 2.24) is 0 Å². The van der Waals surface area contributed by atoms with Crippen LogP contribution in [0, 0.1) is 0 Å². The topological polar surface area (TPSA) is 40.5 Å². The molecule has 2 N–H and O–H groups in total. The summed E-state index contributed by atoms with van der Waals surface area (Å²) in [4.78, 5) is 0. The third-order valence-corrected chi connectivity index (χ3v) is 1.73. The molecular formula is C12H14O2. The van der Waals surface area contributed by atoms with Crippen LogP contribution in [-0.4, -0.2) is 10.2 Å². The number of phenols is 2. The first kappa shape index (κ1) is 10.4.